The largest absolute Gasteiger partial charge is 0.321 e. The Morgan fingerprint density at radius 1 is 1.03 bits per heavy atom. The first-order valence-electron chi connectivity index (χ1n) is 9.72. The summed E-state index contributed by atoms with van der Waals surface area (Å²) in [5, 5.41) is 3.76. The maximum atomic E-state index is 13.0. The van der Waals surface area contributed by atoms with Crippen molar-refractivity contribution >= 4 is 32.5 Å². The molecule has 150 valence electrons. The maximum absolute atomic E-state index is 13.0. The predicted octanol–water partition coefficient (Wildman–Crippen LogP) is 3.97. The zero-order chi connectivity index (χ0) is 20.4. The van der Waals surface area contributed by atoms with Gasteiger partial charge < -0.3 is 5.32 Å². The Hall–Kier alpha value is -2.77. The Balaban J connectivity index is 1.61. The number of aromatic nitrogens is 1. The summed E-state index contributed by atoms with van der Waals surface area (Å²) in [5.74, 6) is -0.352. The molecular formula is C22H23N3O3S. The molecule has 0 radical (unpaired) electrons. The van der Waals surface area contributed by atoms with Gasteiger partial charge in [-0.3, -0.25) is 9.78 Å². The molecular weight excluding hydrogens is 386 g/mol. The third-order valence-electron chi connectivity index (χ3n) is 5.25. The SMILES string of the molecule is Cc1ccc(S(=O)(=O)N2CCCCC2)cc1C(=O)Nc1cnc2ccccc2c1. The molecule has 3 aromatic rings. The number of hydrogen-bond donors (Lipinski definition) is 1. The molecule has 1 saturated heterocycles. The third kappa shape index (κ3) is 4.02. The highest BCUT2D eigenvalue weighted by Crippen LogP contribution is 2.24. The normalized spacial score (nSPS) is 15.3. The molecule has 0 unspecified atom stereocenters. The molecule has 2 aromatic carbocycles. The van der Waals surface area contributed by atoms with E-state index in [0.29, 0.717) is 29.9 Å². The molecule has 4 rings (SSSR count). The molecule has 1 aliphatic rings. The van der Waals surface area contributed by atoms with Crippen LogP contribution in [0, 0.1) is 6.92 Å². The van der Waals surface area contributed by atoms with Crippen LogP contribution in [0.5, 0.6) is 0 Å². The highest BCUT2D eigenvalue weighted by Gasteiger charge is 2.27. The zero-order valence-corrected chi connectivity index (χ0v) is 17.1. The summed E-state index contributed by atoms with van der Waals surface area (Å²) >= 11 is 0. The average Bonchev–Trinajstić information content (AvgIpc) is 2.74. The van der Waals surface area contributed by atoms with Crippen molar-refractivity contribution in [1.29, 1.82) is 0 Å². The quantitative estimate of drug-likeness (QED) is 0.707. The first kappa shape index (κ1) is 19.5. The fraction of sp³-hybridized carbons (Fsp3) is 0.273. The number of aryl methyl sites for hydroxylation is 1. The first-order valence-corrected chi connectivity index (χ1v) is 11.2. The third-order valence-corrected chi connectivity index (χ3v) is 7.15. The lowest BCUT2D eigenvalue weighted by Crippen LogP contribution is -2.35. The van der Waals surface area contributed by atoms with Gasteiger partial charge in [0.1, 0.15) is 0 Å². The van der Waals surface area contributed by atoms with Crippen LogP contribution in [0.15, 0.2) is 59.6 Å². The molecule has 2 heterocycles. The van der Waals surface area contributed by atoms with Crippen molar-refractivity contribution in [3.05, 3.63) is 65.9 Å². The van der Waals surface area contributed by atoms with Gasteiger partial charge in [-0.1, -0.05) is 30.7 Å². The number of carbonyl (C=O) groups excluding carboxylic acids is 1. The van der Waals surface area contributed by atoms with E-state index in [1.807, 2.05) is 30.3 Å². The Kier molecular flexibility index (Phi) is 5.34. The summed E-state index contributed by atoms with van der Waals surface area (Å²) in [5.41, 5.74) is 2.47. The summed E-state index contributed by atoms with van der Waals surface area (Å²) in [6.45, 7) is 2.85. The van der Waals surface area contributed by atoms with Crippen LogP contribution in [0.3, 0.4) is 0 Å². The molecule has 1 aliphatic heterocycles. The monoisotopic (exact) mass is 409 g/mol. The number of rotatable bonds is 4. The second kappa shape index (κ2) is 7.93. The summed E-state index contributed by atoms with van der Waals surface area (Å²) in [7, 11) is -3.60. The second-order valence-corrected chi connectivity index (χ2v) is 9.25. The number of sulfonamides is 1. The van der Waals surface area contributed by atoms with E-state index >= 15 is 0 Å². The van der Waals surface area contributed by atoms with Crippen LogP contribution in [0.25, 0.3) is 10.9 Å². The molecule has 0 aliphatic carbocycles. The number of para-hydroxylation sites is 1. The molecule has 0 bridgehead atoms. The molecule has 0 saturated carbocycles. The molecule has 1 amide bonds. The van der Waals surface area contributed by atoms with Crippen LogP contribution in [-0.4, -0.2) is 36.7 Å². The molecule has 1 N–H and O–H groups in total. The Morgan fingerprint density at radius 2 is 1.79 bits per heavy atom. The van der Waals surface area contributed by atoms with Crippen LogP contribution >= 0.6 is 0 Å². The maximum Gasteiger partial charge on any atom is 0.256 e. The van der Waals surface area contributed by atoms with Gasteiger partial charge in [0, 0.05) is 24.0 Å². The van der Waals surface area contributed by atoms with E-state index in [2.05, 4.69) is 10.3 Å². The van der Waals surface area contributed by atoms with Gasteiger partial charge in [-0.05, 0) is 49.6 Å². The number of nitrogens with zero attached hydrogens (tertiary/aromatic N) is 2. The fourth-order valence-electron chi connectivity index (χ4n) is 3.60. The highest BCUT2D eigenvalue weighted by atomic mass is 32.2. The Bertz CT molecular complexity index is 1170. The smallest absolute Gasteiger partial charge is 0.256 e. The molecule has 7 heteroatoms. The number of benzene rings is 2. The lowest BCUT2D eigenvalue weighted by Gasteiger charge is -2.26. The van der Waals surface area contributed by atoms with Gasteiger partial charge in [-0.2, -0.15) is 4.31 Å². The number of amides is 1. The summed E-state index contributed by atoms with van der Waals surface area (Å²) in [6, 6.07) is 14.2. The fourth-order valence-corrected chi connectivity index (χ4v) is 5.14. The lowest BCUT2D eigenvalue weighted by molar-refractivity contribution is 0.102. The van der Waals surface area contributed by atoms with Crippen molar-refractivity contribution in [2.75, 3.05) is 18.4 Å². The molecule has 0 spiro atoms. The number of carbonyl (C=O) groups is 1. The average molecular weight is 410 g/mol. The van der Waals surface area contributed by atoms with E-state index in [9.17, 15) is 13.2 Å². The van der Waals surface area contributed by atoms with E-state index in [-0.39, 0.29) is 10.8 Å². The van der Waals surface area contributed by atoms with Crippen LogP contribution in [0.2, 0.25) is 0 Å². The first-order chi connectivity index (χ1) is 13.9. The summed E-state index contributed by atoms with van der Waals surface area (Å²) in [4.78, 5) is 17.4. The van der Waals surface area contributed by atoms with Gasteiger partial charge in [-0.15, -0.1) is 0 Å². The summed E-state index contributed by atoms with van der Waals surface area (Å²) < 4.78 is 27.4. The molecule has 6 nitrogen and oxygen atoms in total. The van der Waals surface area contributed by atoms with Gasteiger partial charge >= 0.3 is 0 Å². The minimum atomic E-state index is -3.60. The van der Waals surface area contributed by atoms with E-state index < -0.39 is 10.0 Å². The topological polar surface area (TPSA) is 79.4 Å². The van der Waals surface area contributed by atoms with Crippen molar-refractivity contribution < 1.29 is 13.2 Å². The Labute approximate surface area is 170 Å². The van der Waals surface area contributed by atoms with Gasteiger partial charge in [-0.25, -0.2) is 8.42 Å². The second-order valence-electron chi connectivity index (χ2n) is 7.31. The van der Waals surface area contributed by atoms with Crippen LogP contribution < -0.4 is 5.32 Å². The van der Waals surface area contributed by atoms with Gasteiger partial charge in [0.05, 0.1) is 22.3 Å². The van der Waals surface area contributed by atoms with Gasteiger partial charge in [0.15, 0.2) is 0 Å². The molecule has 1 aromatic heterocycles. The van der Waals surface area contributed by atoms with Crippen molar-refractivity contribution in [2.24, 2.45) is 0 Å². The minimum absolute atomic E-state index is 0.159. The van der Waals surface area contributed by atoms with Gasteiger partial charge in [0.25, 0.3) is 5.91 Å². The Morgan fingerprint density at radius 3 is 2.59 bits per heavy atom. The minimum Gasteiger partial charge on any atom is -0.321 e. The number of hydrogen-bond acceptors (Lipinski definition) is 4. The molecule has 1 fully saturated rings. The number of fused-ring (bicyclic) bond motifs is 1. The lowest BCUT2D eigenvalue weighted by atomic mass is 10.1. The van der Waals surface area contributed by atoms with Crippen molar-refractivity contribution in [1.82, 2.24) is 9.29 Å². The van der Waals surface area contributed by atoms with Crippen molar-refractivity contribution in [3.8, 4) is 0 Å². The number of piperidine rings is 1. The zero-order valence-electron chi connectivity index (χ0n) is 16.3. The number of anilines is 1. The van der Waals surface area contributed by atoms with Crippen LogP contribution in [0.4, 0.5) is 5.69 Å². The van der Waals surface area contributed by atoms with E-state index in [0.717, 1.165) is 30.2 Å². The number of nitrogens with one attached hydrogen (secondary N) is 1. The molecule has 29 heavy (non-hydrogen) atoms. The predicted molar refractivity (Wildman–Crippen MR) is 113 cm³/mol. The van der Waals surface area contributed by atoms with Crippen molar-refractivity contribution in [3.63, 3.8) is 0 Å². The molecule has 0 atom stereocenters. The van der Waals surface area contributed by atoms with Crippen LogP contribution in [0.1, 0.15) is 35.2 Å². The van der Waals surface area contributed by atoms with E-state index in [4.69, 9.17) is 0 Å². The van der Waals surface area contributed by atoms with E-state index in [1.54, 1.807) is 25.3 Å². The van der Waals surface area contributed by atoms with E-state index in [1.165, 1.54) is 10.4 Å². The van der Waals surface area contributed by atoms with Crippen molar-refractivity contribution in [2.45, 2.75) is 31.1 Å². The standard InChI is InChI=1S/C22H23N3O3S/c1-16-9-10-19(29(27,28)25-11-5-2-6-12-25)14-20(16)22(26)24-18-13-17-7-3-4-8-21(17)23-15-18/h3-4,7-10,13-15H,2,5-6,11-12H2,1H3,(H,24,26). The van der Waals surface area contributed by atoms with Crippen LogP contribution in [-0.2, 0) is 10.0 Å². The highest BCUT2D eigenvalue weighted by molar-refractivity contribution is 7.89. The number of pyridine rings is 1. The van der Waals surface area contributed by atoms with Gasteiger partial charge in [0.2, 0.25) is 10.0 Å². The summed E-state index contributed by atoms with van der Waals surface area (Å²) in [6.07, 6.45) is 4.39.